The van der Waals surface area contributed by atoms with Crippen LogP contribution in [0.5, 0.6) is 0 Å². The van der Waals surface area contributed by atoms with Crippen LogP contribution in [0, 0.1) is 5.92 Å². The van der Waals surface area contributed by atoms with E-state index in [1.165, 1.54) is 0 Å². The monoisotopic (exact) mass is 307 g/mol. The molecule has 5 nitrogen and oxygen atoms in total. The number of benzene rings is 1. The zero-order chi connectivity index (χ0) is 15.2. The van der Waals surface area contributed by atoms with Crippen LogP contribution in [0.4, 0.5) is 0 Å². The van der Waals surface area contributed by atoms with Crippen molar-refractivity contribution in [3.05, 3.63) is 35.7 Å². The Morgan fingerprint density at radius 3 is 2.62 bits per heavy atom. The van der Waals surface area contributed by atoms with Gasteiger partial charge in [-0.25, -0.2) is 0 Å². The second-order valence-electron chi connectivity index (χ2n) is 5.16. The number of carbonyl (C=O) groups excluding carboxylic acids is 1. The van der Waals surface area contributed by atoms with Gasteiger partial charge in [0, 0.05) is 17.7 Å². The maximum atomic E-state index is 11.9. The van der Waals surface area contributed by atoms with Crippen molar-refractivity contribution < 1.29 is 9.32 Å². The molecular weight excluding hydrogens is 290 g/mol. The Bertz CT molecular complexity index is 593. The standard InChI is InChI=1S/C15H18ClN3O2/c1-10(2)7-8-17-15(20)12-5-3-11(4-6-12)14-18-13(9-16)21-19-14/h3-6,10H,7-9H2,1-2H3,(H,17,20). The summed E-state index contributed by atoms with van der Waals surface area (Å²) in [5.74, 6) is 1.53. The lowest BCUT2D eigenvalue weighted by Crippen LogP contribution is -2.25. The lowest BCUT2D eigenvalue weighted by molar-refractivity contribution is 0.0952. The molecule has 1 N–H and O–H groups in total. The first-order valence-electron chi connectivity index (χ1n) is 6.87. The van der Waals surface area contributed by atoms with Crippen molar-refractivity contribution in [2.75, 3.05) is 6.54 Å². The summed E-state index contributed by atoms with van der Waals surface area (Å²) < 4.78 is 4.95. The van der Waals surface area contributed by atoms with Crippen molar-refractivity contribution >= 4 is 17.5 Å². The van der Waals surface area contributed by atoms with Gasteiger partial charge in [0.25, 0.3) is 5.91 Å². The molecule has 0 spiro atoms. The number of nitrogens with one attached hydrogen (secondary N) is 1. The molecule has 6 heteroatoms. The van der Waals surface area contributed by atoms with Crippen molar-refractivity contribution in [3.8, 4) is 11.4 Å². The van der Waals surface area contributed by atoms with Gasteiger partial charge in [0.2, 0.25) is 11.7 Å². The number of alkyl halides is 1. The zero-order valence-corrected chi connectivity index (χ0v) is 12.9. The number of amides is 1. The fourth-order valence-electron chi connectivity index (χ4n) is 1.77. The van der Waals surface area contributed by atoms with Crippen molar-refractivity contribution in [2.24, 2.45) is 5.92 Å². The number of hydrogen-bond donors (Lipinski definition) is 1. The Labute approximate surface area is 128 Å². The van der Waals surface area contributed by atoms with Crippen LogP contribution >= 0.6 is 11.6 Å². The summed E-state index contributed by atoms with van der Waals surface area (Å²) in [7, 11) is 0. The van der Waals surface area contributed by atoms with E-state index in [1.807, 2.05) is 0 Å². The minimum absolute atomic E-state index is 0.0724. The SMILES string of the molecule is CC(C)CCNC(=O)c1ccc(-c2noc(CCl)n2)cc1. The first kappa shape index (κ1) is 15.5. The molecule has 0 radical (unpaired) electrons. The lowest BCUT2D eigenvalue weighted by Gasteiger charge is -2.07. The molecule has 0 saturated heterocycles. The minimum Gasteiger partial charge on any atom is -0.352 e. The summed E-state index contributed by atoms with van der Waals surface area (Å²) in [6.07, 6.45) is 0.966. The molecule has 0 aliphatic carbocycles. The third-order valence-electron chi connectivity index (χ3n) is 2.99. The summed E-state index contributed by atoms with van der Waals surface area (Å²) in [5.41, 5.74) is 1.40. The van der Waals surface area contributed by atoms with Gasteiger partial charge in [0.15, 0.2) is 0 Å². The predicted molar refractivity (Wildman–Crippen MR) is 81.1 cm³/mol. The maximum Gasteiger partial charge on any atom is 0.251 e. The van der Waals surface area contributed by atoms with Crippen LogP contribution in [-0.4, -0.2) is 22.6 Å². The third-order valence-corrected chi connectivity index (χ3v) is 3.22. The average molecular weight is 308 g/mol. The van der Waals surface area contributed by atoms with E-state index in [9.17, 15) is 4.79 Å². The molecule has 0 aliphatic heterocycles. The summed E-state index contributed by atoms with van der Waals surface area (Å²) in [4.78, 5) is 16.1. The minimum atomic E-state index is -0.0724. The molecule has 1 aromatic heterocycles. The van der Waals surface area contributed by atoms with Crippen molar-refractivity contribution in [1.82, 2.24) is 15.5 Å². The quantitative estimate of drug-likeness (QED) is 0.832. The van der Waals surface area contributed by atoms with E-state index in [1.54, 1.807) is 24.3 Å². The molecule has 1 heterocycles. The van der Waals surface area contributed by atoms with E-state index < -0.39 is 0 Å². The highest BCUT2D eigenvalue weighted by molar-refractivity contribution is 6.16. The van der Waals surface area contributed by atoms with Crippen LogP contribution in [0.3, 0.4) is 0 Å². The summed E-state index contributed by atoms with van der Waals surface area (Å²) in [5, 5.41) is 6.73. The number of nitrogens with zero attached hydrogens (tertiary/aromatic N) is 2. The van der Waals surface area contributed by atoms with E-state index in [4.69, 9.17) is 16.1 Å². The van der Waals surface area contributed by atoms with Crippen LogP contribution < -0.4 is 5.32 Å². The van der Waals surface area contributed by atoms with Crippen LogP contribution in [0.15, 0.2) is 28.8 Å². The van der Waals surface area contributed by atoms with Crippen molar-refractivity contribution in [1.29, 1.82) is 0 Å². The number of halogens is 1. The Morgan fingerprint density at radius 2 is 2.05 bits per heavy atom. The Hall–Kier alpha value is -1.88. The second-order valence-corrected chi connectivity index (χ2v) is 5.43. The molecule has 2 rings (SSSR count). The second kappa shape index (κ2) is 7.22. The molecule has 0 aliphatic rings. The summed E-state index contributed by atoms with van der Waals surface area (Å²) >= 11 is 5.62. The average Bonchev–Trinajstić information content (AvgIpc) is 2.96. The van der Waals surface area contributed by atoms with Gasteiger partial charge < -0.3 is 9.84 Å². The fraction of sp³-hybridized carbons (Fsp3) is 0.400. The van der Waals surface area contributed by atoms with Crippen LogP contribution in [-0.2, 0) is 5.88 Å². The summed E-state index contributed by atoms with van der Waals surface area (Å²) in [6.45, 7) is 4.93. The van der Waals surface area contributed by atoms with E-state index in [0.29, 0.717) is 29.7 Å². The van der Waals surface area contributed by atoms with Gasteiger partial charge in [0.05, 0.1) is 0 Å². The molecule has 0 fully saturated rings. The molecule has 21 heavy (non-hydrogen) atoms. The van der Waals surface area contributed by atoms with E-state index in [0.717, 1.165) is 12.0 Å². The van der Waals surface area contributed by atoms with Crippen molar-refractivity contribution in [3.63, 3.8) is 0 Å². The molecule has 0 unspecified atom stereocenters. The van der Waals surface area contributed by atoms with Gasteiger partial charge in [-0.1, -0.05) is 31.1 Å². The molecule has 0 bridgehead atoms. The fourth-order valence-corrected chi connectivity index (χ4v) is 1.88. The van der Waals surface area contributed by atoms with Crippen LogP contribution in [0.2, 0.25) is 0 Å². The Kier molecular flexibility index (Phi) is 5.33. The maximum absolute atomic E-state index is 11.9. The molecule has 2 aromatic rings. The first-order chi connectivity index (χ1) is 10.1. The molecule has 1 amide bonds. The van der Waals surface area contributed by atoms with Gasteiger partial charge in [-0.2, -0.15) is 4.98 Å². The van der Waals surface area contributed by atoms with Gasteiger partial charge in [-0.3, -0.25) is 4.79 Å². The van der Waals surface area contributed by atoms with Gasteiger partial charge in [-0.15, -0.1) is 11.6 Å². The Balaban J connectivity index is 1.99. The smallest absolute Gasteiger partial charge is 0.251 e. The van der Waals surface area contributed by atoms with Gasteiger partial charge in [-0.05, 0) is 24.5 Å². The van der Waals surface area contributed by atoms with Crippen LogP contribution in [0.1, 0.15) is 36.5 Å². The highest BCUT2D eigenvalue weighted by atomic mass is 35.5. The predicted octanol–water partition coefficient (Wildman–Crippen LogP) is 3.25. The number of hydrogen-bond acceptors (Lipinski definition) is 4. The molecule has 0 atom stereocenters. The summed E-state index contributed by atoms with van der Waals surface area (Å²) in [6, 6.07) is 7.08. The number of rotatable bonds is 6. The molecule has 0 saturated carbocycles. The Morgan fingerprint density at radius 1 is 1.33 bits per heavy atom. The van der Waals surface area contributed by atoms with E-state index >= 15 is 0 Å². The largest absolute Gasteiger partial charge is 0.352 e. The van der Waals surface area contributed by atoms with E-state index in [2.05, 4.69) is 29.3 Å². The molecule has 112 valence electrons. The van der Waals surface area contributed by atoms with Crippen LogP contribution in [0.25, 0.3) is 11.4 Å². The van der Waals surface area contributed by atoms with Gasteiger partial charge >= 0.3 is 0 Å². The third kappa shape index (κ3) is 4.29. The lowest BCUT2D eigenvalue weighted by atomic mass is 10.1. The zero-order valence-electron chi connectivity index (χ0n) is 12.1. The topological polar surface area (TPSA) is 68.0 Å². The van der Waals surface area contributed by atoms with Crippen molar-refractivity contribution in [2.45, 2.75) is 26.1 Å². The number of carbonyl (C=O) groups is 1. The first-order valence-corrected chi connectivity index (χ1v) is 7.40. The van der Waals surface area contributed by atoms with E-state index in [-0.39, 0.29) is 11.8 Å². The molecular formula is C15H18ClN3O2. The highest BCUT2D eigenvalue weighted by Gasteiger charge is 2.09. The number of aromatic nitrogens is 2. The normalized spacial score (nSPS) is 10.9. The molecule has 1 aromatic carbocycles. The highest BCUT2D eigenvalue weighted by Crippen LogP contribution is 2.17. The van der Waals surface area contributed by atoms with Gasteiger partial charge in [0.1, 0.15) is 5.88 Å².